The van der Waals surface area contributed by atoms with Crippen LogP contribution in [0, 0.1) is 0 Å². The van der Waals surface area contributed by atoms with Gasteiger partial charge in [0, 0.05) is 19.3 Å². The maximum Gasteiger partial charge on any atom is 0.306 e. The minimum atomic E-state index is -0.805. The van der Waals surface area contributed by atoms with Crippen molar-refractivity contribution < 1.29 is 28.6 Å². The first kappa shape index (κ1) is 76.5. The highest BCUT2D eigenvalue weighted by molar-refractivity contribution is 5.71. The predicted molar refractivity (Wildman–Crippen MR) is 353 cm³/mol. The van der Waals surface area contributed by atoms with Crippen LogP contribution in [0.5, 0.6) is 0 Å². The number of carbonyl (C=O) groups is 3. The van der Waals surface area contributed by atoms with Crippen LogP contribution in [0.3, 0.4) is 0 Å². The molecule has 0 radical (unpaired) electrons. The summed E-state index contributed by atoms with van der Waals surface area (Å²) < 4.78 is 16.9. The molecule has 6 nitrogen and oxygen atoms in total. The summed E-state index contributed by atoms with van der Waals surface area (Å²) >= 11 is 0. The molecule has 0 aliphatic carbocycles. The zero-order chi connectivity index (χ0) is 58.5. The third-order valence-electron chi connectivity index (χ3n) is 14.2. The molecule has 0 amide bonds. The van der Waals surface area contributed by atoms with Crippen molar-refractivity contribution in [2.24, 2.45) is 0 Å². The molecule has 0 rings (SSSR count). The second-order valence-electron chi connectivity index (χ2n) is 22.0. The van der Waals surface area contributed by atoms with Crippen molar-refractivity contribution in [2.75, 3.05) is 13.2 Å². The molecule has 0 saturated heterocycles. The fourth-order valence-corrected chi connectivity index (χ4v) is 9.18. The van der Waals surface area contributed by atoms with Crippen molar-refractivity contribution in [2.45, 2.75) is 309 Å². The SMILES string of the molecule is CC/C=C\C/C=C\C/C=C\C/C=C\C/C=C\C/C=C\CCCCC(=O)OC(COC(=O)CCCCCCCCCCCCCCC)COC(=O)CCCCCCCCCCCCCCC/C=C\C/C=C\C/C=C\C/C=C\C/C=C\CC. The first-order chi connectivity index (χ1) is 40.0. The summed E-state index contributed by atoms with van der Waals surface area (Å²) in [5.74, 6) is -0.934. The molecule has 1 unspecified atom stereocenters. The Hall–Kier alpha value is -4.45. The summed E-state index contributed by atoms with van der Waals surface area (Å²) in [4.78, 5) is 38.4. The summed E-state index contributed by atoms with van der Waals surface area (Å²) in [5.41, 5.74) is 0. The van der Waals surface area contributed by atoms with Gasteiger partial charge in [0.15, 0.2) is 6.10 Å². The van der Waals surface area contributed by atoms with Gasteiger partial charge in [-0.3, -0.25) is 14.4 Å². The molecule has 0 aromatic rings. The number of ether oxygens (including phenoxy) is 3. The van der Waals surface area contributed by atoms with E-state index < -0.39 is 6.10 Å². The molecule has 0 heterocycles. The van der Waals surface area contributed by atoms with Gasteiger partial charge in [-0.1, -0.05) is 302 Å². The maximum absolute atomic E-state index is 12.9. The molecule has 81 heavy (non-hydrogen) atoms. The Morgan fingerprint density at radius 3 is 0.778 bits per heavy atom. The molecule has 0 spiro atoms. The van der Waals surface area contributed by atoms with Gasteiger partial charge < -0.3 is 14.2 Å². The maximum atomic E-state index is 12.9. The van der Waals surface area contributed by atoms with E-state index in [1.165, 1.54) is 135 Å². The zero-order valence-electron chi connectivity index (χ0n) is 52.8. The monoisotopic (exact) mass is 1120 g/mol. The van der Waals surface area contributed by atoms with Crippen LogP contribution in [0.25, 0.3) is 0 Å². The van der Waals surface area contributed by atoms with Crippen LogP contribution in [0.2, 0.25) is 0 Å². The lowest BCUT2D eigenvalue weighted by atomic mass is 10.0. The molecule has 0 aromatic heterocycles. The number of rotatable bonds is 60. The molecule has 0 N–H and O–H groups in total. The number of unbranched alkanes of at least 4 members (excludes halogenated alkanes) is 27. The average molecular weight is 1120 g/mol. The Bertz CT molecular complexity index is 1720. The van der Waals surface area contributed by atoms with Crippen LogP contribution in [0.1, 0.15) is 303 Å². The normalized spacial score (nSPS) is 13.0. The summed E-state index contributed by atoms with van der Waals surface area (Å²) in [7, 11) is 0. The van der Waals surface area contributed by atoms with E-state index in [-0.39, 0.29) is 37.5 Å². The van der Waals surface area contributed by atoms with Gasteiger partial charge in [-0.25, -0.2) is 0 Å². The number of hydrogen-bond donors (Lipinski definition) is 0. The molecular weight excluding hydrogens is 997 g/mol. The van der Waals surface area contributed by atoms with Gasteiger partial charge >= 0.3 is 17.9 Å². The molecule has 0 bridgehead atoms. The van der Waals surface area contributed by atoms with Crippen molar-refractivity contribution >= 4 is 17.9 Å². The lowest BCUT2D eigenvalue weighted by Gasteiger charge is -2.18. The van der Waals surface area contributed by atoms with Gasteiger partial charge in [-0.2, -0.15) is 0 Å². The van der Waals surface area contributed by atoms with Crippen LogP contribution in [-0.4, -0.2) is 37.2 Å². The van der Waals surface area contributed by atoms with Crippen molar-refractivity contribution in [3.05, 3.63) is 134 Å². The average Bonchev–Trinajstić information content (AvgIpc) is 3.46. The van der Waals surface area contributed by atoms with E-state index in [4.69, 9.17) is 14.2 Å². The van der Waals surface area contributed by atoms with Crippen molar-refractivity contribution in [1.29, 1.82) is 0 Å². The summed E-state index contributed by atoms with van der Waals surface area (Å²) in [6.07, 6.45) is 96.1. The Labute approximate surface area is 500 Å². The molecule has 0 fully saturated rings. The fraction of sp³-hybridized carbons (Fsp3) is 0.667. The van der Waals surface area contributed by atoms with Gasteiger partial charge in [-0.15, -0.1) is 0 Å². The number of allylic oxidation sites excluding steroid dienone is 22. The van der Waals surface area contributed by atoms with Gasteiger partial charge in [0.1, 0.15) is 13.2 Å². The Balaban J connectivity index is 4.35. The second kappa shape index (κ2) is 68.1. The second-order valence-corrected chi connectivity index (χ2v) is 22.0. The van der Waals surface area contributed by atoms with Crippen molar-refractivity contribution in [3.8, 4) is 0 Å². The zero-order valence-corrected chi connectivity index (χ0v) is 52.8. The third-order valence-corrected chi connectivity index (χ3v) is 14.2. The lowest BCUT2D eigenvalue weighted by Crippen LogP contribution is -2.30. The van der Waals surface area contributed by atoms with Crippen LogP contribution >= 0.6 is 0 Å². The van der Waals surface area contributed by atoms with E-state index in [2.05, 4.69) is 154 Å². The minimum absolute atomic E-state index is 0.0960. The number of hydrogen-bond acceptors (Lipinski definition) is 6. The molecule has 1 atom stereocenters. The highest BCUT2D eigenvalue weighted by atomic mass is 16.6. The van der Waals surface area contributed by atoms with Gasteiger partial charge in [0.2, 0.25) is 0 Å². The van der Waals surface area contributed by atoms with Crippen LogP contribution < -0.4 is 0 Å². The van der Waals surface area contributed by atoms with Crippen molar-refractivity contribution in [3.63, 3.8) is 0 Å². The summed E-state index contributed by atoms with van der Waals surface area (Å²) in [5, 5.41) is 0. The van der Waals surface area contributed by atoms with Crippen LogP contribution in [-0.2, 0) is 28.6 Å². The largest absolute Gasteiger partial charge is 0.462 e. The topological polar surface area (TPSA) is 78.9 Å². The van der Waals surface area contributed by atoms with E-state index >= 15 is 0 Å². The van der Waals surface area contributed by atoms with E-state index in [0.717, 1.165) is 122 Å². The number of carbonyl (C=O) groups excluding carboxylic acids is 3. The number of esters is 3. The van der Waals surface area contributed by atoms with Gasteiger partial charge in [-0.05, 0) is 116 Å². The quantitative estimate of drug-likeness (QED) is 0.0261. The molecule has 460 valence electrons. The molecule has 0 aliphatic heterocycles. The highest BCUT2D eigenvalue weighted by Gasteiger charge is 2.19. The van der Waals surface area contributed by atoms with Crippen LogP contribution in [0.4, 0.5) is 0 Å². The standard InChI is InChI=1S/C75H124O6/c1-4-7-10-13-16-19-22-25-27-29-31-33-34-35-36-37-38-39-40-42-43-45-47-50-53-56-59-62-65-68-74(77)80-71-72(70-79-73(76)67-64-61-58-55-52-49-24-21-18-15-12-9-6-3)81-75(78)69-66-63-60-57-54-51-48-46-44-41-32-30-28-26-23-20-17-14-11-8-5-2/h7-8,10-11,16-17,19-20,25-28,31-33,35-36,41,46,48,54,57,72H,4-6,9,12-15,18,21-24,29-30,34,37-40,42-45,47,49-53,55-56,58-71H2,1-3H3/b10-7-,11-8-,19-16-,20-17-,27-25-,28-26-,33-31-,36-35-,41-32-,48-46-,57-54-. The third kappa shape index (κ3) is 66.2. The lowest BCUT2D eigenvalue weighted by molar-refractivity contribution is -0.167. The molecule has 6 heteroatoms. The predicted octanol–water partition coefficient (Wildman–Crippen LogP) is 23.3. The first-order valence-corrected chi connectivity index (χ1v) is 33.7. The van der Waals surface area contributed by atoms with E-state index in [0.29, 0.717) is 19.3 Å². The molecule has 0 aromatic carbocycles. The fourth-order valence-electron chi connectivity index (χ4n) is 9.18. The summed E-state index contributed by atoms with van der Waals surface area (Å²) in [6, 6.07) is 0. The van der Waals surface area contributed by atoms with Crippen LogP contribution in [0.15, 0.2) is 134 Å². The Morgan fingerprint density at radius 1 is 0.259 bits per heavy atom. The Kier molecular flexibility index (Phi) is 64.3. The van der Waals surface area contributed by atoms with E-state index in [1.807, 2.05) is 0 Å². The smallest absolute Gasteiger partial charge is 0.306 e. The summed E-state index contributed by atoms with van der Waals surface area (Å²) in [6.45, 7) is 6.39. The van der Waals surface area contributed by atoms with E-state index in [1.54, 1.807) is 0 Å². The molecular formula is C75H124O6. The minimum Gasteiger partial charge on any atom is -0.462 e. The van der Waals surface area contributed by atoms with Gasteiger partial charge in [0.05, 0.1) is 0 Å². The van der Waals surface area contributed by atoms with E-state index in [9.17, 15) is 14.4 Å². The molecule has 0 saturated carbocycles. The van der Waals surface area contributed by atoms with Crippen molar-refractivity contribution in [1.82, 2.24) is 0 Å². The Morgan fingerprint density at radius 2 is 0.481 bits per heavy atom. The highest BCUT2D eigenvalue weighted by Crippen LogP contribution is 2.16. The molecule has 0 aliphatic rings. The first-order valence-electron chi connectivity index (χ1n) is 33.7. The van der Waals surface area contributed by atoms with Gasteiger partial charge in [0.25, 0.3) is 0 Å².